The Kier molecular flexibility index (Phi) is 4.25. The van der Waals surface area contributed by atoms with Crippen LogP contribution in [0.5, 0.6) is 5.75 Å². The number of nitrogens with zero attached hydrogens (tertiary/aromatic N) is 2. The van der Waals surface area contributed by atoms with Gasteiger partial charge in [-0.15, -0.1) is 0 Å². The number of piperazine rings is 1. The summed E-state index contributed by atoms with van der Waals surface area (Å²) in [7, 11) is 0. The van der Waals surface area contributed by atoms with Gasteiger partial charge in [-0.1, -0.05) is 29.8 Å². The molecule has 0 atom stereocenters. The number of benzene rings is 2. The molecule has 1 saturated heterocycles. The van der Waals surface area contributed by atoms with Crippen LogP contribution in [0.4, 0.5) is 5.69 Å². The van der Waals surface area contributed by atoms with Crippen LogP contribution in [0, 0.1) is 13.8 Å². The van der Waals surface area contributed by atoms with Crippen LogP contribution in [0.2, 0.25) is 0 Å². The van der Waals surface area contributed by atoms with Gasteiger partial charge in [0.15, 0.2) is 0 Å². The number of aromatic hydroxyl groups is 1. The van der Waals surface area contributed by atoms with Gasteiger partial charge in [0.05, 0.1) is 5.56 Å². The minimum atomic E-state index is -0.312. The summed E-state index contributed by atoms with van der Waals surface area (Å²) in [4.78, 5) is 28.2. The molecule has 0 spiro atoms. The van der Waals surface area contributed by atoms with E-state index in [1.54, 1.807) is 30.0 Å². The van der Waals surface area contributed by atoms with E-state index in [2.05, 4.69) is 0 Å². The van der Waals surface area contributed by atoms with Gasteiger partial charge in [0, 0.05) is 18.8 Å². The fraction of sp³-hybridized carbons (Fsp3) is 0.263. The van der Waals surface area contributed by atoms with E-state index in [-0.39, 0.29) is 29.7 Å². The van der Waals surface area contributed by atoms with Crippen molar-refractivity contribution in [1.29, 1.82) is 0 Å². The summed E-state index contributed by atoms with van der Waals surface area (Å²) >= 11 is 0. The van der Waals surface area contributed by atoms with Crippen LogP contribution in [-0.2, 0) is 4.79 Å². The monoisotopic (exact) mass is 324 g/mol. The first-order valence-corrected chi connectivity index (χ1v) is 7.92. The van der Waals surface area contributed by atoms with Crippen molar-refractivity contribution in [2.24, 2.45) is 0 Å². The summed E-state index contributed by atoms with van der Waals surface area (Å²) in [5.74, 6) is -0.449. The van der Waals surface area contributed by atoms with Crippen molar-refractivity contribution in [3.63, 3.8) is 0 Å². The van der Waals surface area contributed by atoms with Crippen LogP contribution in [0.15, 0.2) is 42.5 Å². The van der Waals surface area contributed by atoms with Gasteiger partial charge in [-0.25, -0.2) is 0 Å². The second kappa shape index (κ2) is 6.35. The van der Waals surface area contributed by atoms with Crippen molar-refractivity contribution in [3.05, 3.63) is 59.2 Å². The predicted molar refractivity (Wildman–Crippen MR) is 92.3 cm³/mol. The number of aryl methyl sites for hydroxylation is 2. The molecule has 24 heavy (non-hydrogen) atoms. The summed E-state index contributed by atoms with van der Waals surface area (Å²) in [5, 5.41) is 10.1. The van der Waals surface area contributed by atoms with E-state index in [4.69, 9.17) is 0 Å². The third kappa shape index (κ3) is 2.97. The highest BCUT2D eigenvalue weighted by Gasteiger charge is 2.29. The molecule has 1 N–H and O–H groups in total. The molecule has 1 aliphatic rings. The zero-order valence-corrected chi connectivity index (χ0v) is 13.8. The maximum Gasteiger partial charge on any atom is 0.258 e. The highest BCUT2D eigenvalue weighted by Crippen LogP contribution is 2.24. The van der Waals surface area contributed by atoms with Gasteiger partial charge in [0.1, 0.15) is 12.3 Å². The molecule has 5 heteroatoms. The molecule has 0 radical (unpaired) electrons. The first kappa shape index (κ1) is 16.1. The van der Waals surface area contributed by atoms with Gasteiger partial charge in [-0.05, 0) is 37.6 Å². The number of hydrogen-bond donors (Lipinski definition) is 1. The van der Waals surface area contributed by atoms with Crippen LogP contribution >= 0.6 is 0 Å². The molecule has 0 aliphatic carbocycles. The van der Waals surface area contributed by atoms with E-state index in [1.165, 1.54) is 4.90 Å². The Bertz CT molecular complexity index is 784. The molecule has 1 fully saturated rings. The van der Waals surface area contributed by atoms with E-state index in [0.29, 0.717) is 18.7 Å². The fourth-order valence-electron chi connectivity index (χ4n) is 2.85. The van der Waals surface area contributed by atoms with Crippen LogP contribution < -0.4 is 4.90 Å². The molecule has 2 amide bonds. The SMILES string of the molecule is Cc1ccc(N2CCN(C(=O)c3cccc(C)c3O)CC2=O)cc1. The lowest BCUT2D eigenvalue weighted by Crippen LogP contribution is -2.52. The fourth-order valence-corrected chi connectivity index (χ4v) is 2.85. The van der Waals surface area contributed by atoms with Gasteiger partial charge >= 0.3 is 0 Å². The minimum Gasteiger partial charge on any atom is -0.507 e. The standard InChI is InChI=1S/C19H20N2O3/c1-13-6-8-15(9-7-13)21-11-10-20(12-17(21)22)19(24)16-5-3-4-14(2)18(16)23/h3-9,23H,10-12H2,1-2H3. The second-order valence-electron chi connectivity index (χ2n) is 6.08. The van der Waals surface area contributed by atoms with Crippen LogP contribution in [0.1, 0.15) is 21.5 Å². The van der Waals surface area contributed by atoms with Crippen molar-refractivity contribution in [3.8, 4) is 5.75 Å². The zero-order valence-electron chi connectivity index (χ0n) is 13.8. The average Bonchev–Trinajstić information content (AvgIpc) is 2.58. The molecule has 1 aliphatic heterocycles. The van der Waals surface area contributed by atoms with Crippen molar-refractivity contribution < 1.29 is 14.7 Å². The summed E-state index contributed by atoms with van der Waals surface area (Å²) in [6, 6.07) is 12.8. The largest absolute Gasteiger partial charge is 0.507 e. The zero-order chi connectivity index (χ0) is 17.3. The summed E-state index contributed by atoms with van der Waals surface area (Å²) in [6.45, 7) is 4.63. The third-order valence-electron chi connectivity index (χ3n) is 4.32. The number of hydrogen-bond acceptors (Lipinski definition) is 3. The molecule has 0 unspecified atom stereocenters. The molecule has 0 saturated carbocycles. The predicted octanol–water partition coefficient (Wildman–Crippen LogP) is 2.50. The van der Waals surface area contributed by atoms with E-state index in [1.807, 2.05) is 31.2 Å². The Morgan fingerprint density at radius 2 is 1.75 bits per heavy atom. The third-order valence-corrected chi connectivity index (χ3v) is 4.32. The Hall–Kier alpha value is -2.82. The molecule has 0 bridgehead atoms. The lowest BCUT2D eigenvalue weighted by atomic mass is 10.1. The number of amides is 2. The van der Waals surface area contributed by atoms with Gasteiger partial charge in [-0.3, -0.25) is 9.59 Å². The topological polar surface area (TPSA) is 60.9 Å². The summed E-state index contributed by atoms with van der Waals surface area (Å²) in [5.41, 5.74) is 2.86. The van der Waals surface area contributed by atoms with E-state index >= 15 is 0 Å². The minimum absolute atomic E-state index is 0.0140. The maximum absolute atomic E-state index is 12.6. The number of carbonyl (C=O) groups is 2. The second-order valence-corrected chi connectivity index (χ2v) is 6.08. The van der Waals surface area contributed by atoms with E-state index < -0.39 is 0 Å². The lowest BCUT2D eigenvalue weighted by molar-refractivity contribution is -0.120. The van der Waals surface area contributed by atoms with Crippen molar-refractivity contribution in [1.82, 2.24) is 4.90 Å². The van der Waals surface area contributed by atoms with E-state index in [0.717, 1.165) is 11.3 Å². The molecule has 124 valence electrons. The number of rotatable bonds is 2. The summed E-state index contributed by atoms with van der Waals surface area (Å²) < 4.78 is 0. The first-order chi connectivity index (χ1) is 11.5. The molecule has 0 aromatic heterocycles. The Balaban J connectivity index is 1.75. The number of carbonyl (C=O) groups excluding carboxylic acids is 2. The van der Waals surface area contributed by atoms with Crippen molar-refractivity contribution in [2.75, 3.05) is 24.5 Å². The van der Waals surface area contributed by atoms with Crippen molar-refractivity contribution in [2.45, 2.75) is 13.8 Å². The highest BCUT2D eigenvalue weighted by atomic mass is 16.3. The van der Waals surface area contributed by atoms with Gasteiger partial charge in [0.25, 0.3) is 5.91 Å². The van der Waals surface area contributed by atoms with Crippen molar-refractivity contribution >= 4 is 17.5 Å². The summed E-state index contributed by atoms with van der Waals surface area (Å²) in [6.07, 6.45) is 0. The van der Waals surface area contributed by atoms with Gasteiger partial charge < -0.3 is 14.9 Å². The van der Waals surface area contributed by atoms with Crippen LogP contribution in [0.3, 0.4) is 0 Å². The molecule has 1 heterocycles. The lowest BCUT2D eigenvalue weighted by Gasteiger charge is -2.34. The molecule has 3 rings (SSSR count). The van der Waals surface area contributed by atoms with Crippen LogP contribution in [-0.4, -0.2) is 41.5 Å². The highest BCUT2D eigenvalue weighted by molar-refractivity contribution is 6.03. The Morgan fingerprint density at radius 1 is 1.04 bits per heavy atom. The molecule has 2 aromatic carbocycles. The molecular weight excluding hydrogens is 304 g/mol. The number of para-hydroxylation sites is 1. The van der Waals surface area contributed by atoms with Crippen LogP contribution in [0.25, 0.3) is 0 Å². The molecular formula is C19H20N2O3. The average molecular weight is 324 g/mol. The number of anilines is 1. The van der Waals surface area contributed by atoms with E-state index in [9.17, 15) is 14.7 Å². The molecule has 5 nitrogen and oxygen atoms in total. The Labute approximate surface area is 141 Å². The maximum atomic E-state index is 12.6. The molecule has 2 aromatic rings. The quantitative estimate of drug-likeness (QED) is 0.923. The smallest absolute Gasteiger partial charge is 0.258 e. The van der Waals surface area contributed by atoms with Gasteiger partial charge in [0.2, 0.25) is 5.91 Å². The van der Waals surface area contributed by atoms with Gasteiger partial charge in [-0.2, -0.15) is 0 Å². The Morgan fingerprint density at radius 3 is 2.42 bits per heavy atom. The first-order valence-electron chi connectivity index (χ1n) is 7.92. The number of phenols is 1. The normalized spacial score (nSPS) is 14.8. The number of phenolic OH excluding ortho intramolecular Hbond substituents is 1.